The van der Waals surface area contributed by atoms with Crippen molar-refractivity contribution in [3.05, 3.63) is 59.3 Å². The molecule has 4 aromatic rings. The van der Waals surface area contributed by atoms with Gasteiger partial charge in [-0.05, 0) is 49.6 Å². The highest BCUT2D eigenvalue weighted by Gasteiger charge is 2.30. The quantitative estimate of drug-likeness (QED) is 0.428. The zero-order valence-corrected chi connectivity index (χ0v) is 21.2. The van der Waals surface area contributed by atoms with E-state index in [1.807, 2.05) is 6.07 Å². The van der Waals surface area contributed by atoms with Gasteiger partial charge in [-0.2, -0.15) is 15.5 Å². The monoisotopic (exact) mass is 500 g/mol. The molecule has 0 saturated carbocycles. The van der Waals surface area contributed by atoms with Gasteiger partial charge in [-0.25, -0.2) is 8.91 Å². The molecular weight excluding hydrogens is 471 g/mol. The third-order valence-electron chi connectivity index (χ3n) is 7.72. The summed E-state index contributed by atoms with van der Waals surface area (Å²) in [5.74, 6) is 0.0711. The number of aromatic nitrogens is 4. The minimum Gasteiger partial charge on any atom is -0.362 e. The number of likely N-dealkylation sites (tertiary alicyclic amines) is 1. The summed E-state index contributed by atoms with van der Waals surface area (Å²) >= 11 is 0. The number of nitrogens with zero attached hydrogens (tertiary/aromatic N) is 8. The van der Waals surface area contributed by atoms with Gasteiger partial charge in [0.05, 0.1) is 42.2 Å². The maximum absolute atomic E-state index is 14.7. The van der Waals surface area contributed by atoms with Gasteiger partial charge in [-0.15, -0.1) is 0 Å². The third kappa shape index (κ3) is 3.90. The van der Waals surface area contributed by atoms with E-state index in [4.69, 9.17) is 5.10 Å². The highest BCUT2D eigenvalue weighted by atomic mass is 19.1. The van der Waals surface area contributed by atoms with E-state index in [2.05, 4.69) is 50.8 Å². The highest BCUT2D eigenvalue weighted by Crippen LogP contribution is 2.35. The van der Waals surface area contributed by atoms with E-state index in [1.54, 1.807) is 25.1 Å². The molecule has 0 aliphatic carbocycles. The van der Waals surface area contributed by atoms with Crippen LogP contribution in [0.25, 0.3) is 16.4 Å². The first-order valence-electron chi connectivity index (χ1n) is 12.6. The number of halogens is 1. The molecule has 1 aromatic carbocycles. The van der Waals surface area contributed by atoms with Gasteiger partial charge in [0.15, 0.2) is 5.82 Å². The molecule has 0 bridgehead atoms. The summed E-state index contributed by atoms with van der Waals surface area (Å²) in [6.07, 6.45) is 2.18. The molecule has 1 amide bonds. The van der Waals surface area contributed by atoms with Gasteiger partial charge in [-0.3, -0.25) is 14.4 Å². The summed E-state index contributed by atoms with van der Waals surface area (Å²) in [7, 11) is 3.59. The molecular formula is C27H29FN8O. The largest absolute Gasteiger partial charge is 0.362 e. The third-order valence-corrected chi connectivity index (χ3v) is 7.72. The number of amides is 1. The molecule has 1 unspecified atom stereocenters. The molecule has 0 N–H and O–H groups in total. The van der Waals surface area contributed by atoms with Gasteiger partial charge >= 0.3 is 0 Å². The number of pyridine rings is 1. The molecule has 1 fully saturated rings. The van der Waals surface area contributed by atoms with Crippen LogP contribution in [0.1, 0.15) is 42.3 Å². The van der Waals surface area contributed by atoms with Crippen LogP contribution < -0.4 is 4.90 Å². The smallest absolute Gasteiger partial charge is 0.236 e. The van der Waals surface area contributed by atoms with Crippen LogP contribution in [-0.2, 0) is 11.3 Å². The van der Waals surface area contributed by atoms with E-state index in [1.165, 1.54) is 10.1 Å². The molecule has 0 spiro atoms. The number of likely N-dealkylation sites (N-methyl/N-ethyl adjacent to an activating group) is 1. The second-order valence-corrected chi connectivity index (χ2v) is 10.4. The van der Waals surface area contributed by atoms with Gasteiger partial charge < -0.3 is 9.80 Å². The van der Waals surface area contributed by atoms with Crippen molar-refractivity contribution >= 4 is 28.0 Å². The Labute approximate surface area is 214 Å². The maximum atomic E-state index is 14.7. The first-order chi connectivity index (χ1) is 17.8. The van der Waals surface area contributed by atoms with Gasteiger partial charge in [0.25, 0.3) is 0 Å². The lowest BCUT2D eigenvalue weighted by Crippen LogP contribution is -2.36. The molecule has 0 radical (unpaired) electrons. The standard InChI is InChI=1S/C27H29FN8O/c1-17-13-34(24-7-5-20(11-29)36-27(24)22(28)12-30-36)15-25-21-6-4-18(10-23(21)31-35(17)25)19-8-9-33(14-19)16-26(37)32(2)3/h4-7,10,12,17,19H,8-9,13-16H2,1-3H3/t17-,19?/m1/s1. The predicted molar refractivity (Wildman–Crippen MR) is 138 cm³/mol. The summed E-state index contributed by atoms with van der Waals surface area (Å²) in [4.78, 5) is 18.1. The normalized spacial score (nSPS) is 19.9. The molecule has 3 aromatic heterocycles. The fourth-order valence-corrected chi connectivity index (χ4v) is 5.75. The Hall–Kier alpha value is -3.97. The van der Waals surface area contributed by atoms with Crippen molar-refractivity contribution in [1.29, 1.82) is 5.26 Å². The molecule has 2 aliphatic rings. The van der Waals surface area contributed by atoms with E-state index in [-0.39, 0.29) is 11.9 Å². The minimum absolute atomic E-state index is 0.0836. The molecule has 1 saturated heterocycles. The highest BCUT2D eigenvalue weighted by molar-refractivity contribution is 5.84. The summed E-state index contributed by atoms with van der Waals surface area (Å²) in [6, 6.07) is 12.2. The Bertz CT molecular complexity index is 1560. The maximum Gasteiger partial charge on any atom is 0.236 e. The second-order valence-electron chi connectivity index (χ2n) is 10.4. The zero-order valence-electron chi connectivity index (χ0n) is 21.2. The van der Waals surface area contributed by atoms with Crippen LogP contribution in [0, 0.1) is 17.1 Å². The van der Waals surface area contributed by atoms with Crippen LogP contribution in [-0.4, -0.2) is 75.4 Å². The van der Waals surface area contributed by atoms with Crippen molar-refractivity contribution in [1.82, 2.24) is 29.2 Å². The number of carbonyl (C=O) groups excluding carboxylic acids is 1. The van der Waals surface area contributed by atoms with Crippen molar-refractivity contribution in [3.63, 3.8) is 0 Å². The second kappa shape index (κ2) is 8.85. The number of fused-ring (bicyclic) bond motifs is 4. The van der Waals surface area contributed by atoms with Crippen molar-refractivity contribution < 1.29 is 9.18 Å². The summed E-state index contributed by atoms with van der Waals surface area (Å²) in [5.41, 5.74) is 4.65. The Morgan fingerprint density at radius 3 is 2.86 bits per heavy atom. The van der Waals surface area contributed by atoms with Gasteiger partial charge in [0, 0.05) is 32.6 Å². The molecule has 2 atom stereocenters. The van der Waals surface area contributed by atoms with Crippen molar-refractivity contribution in [3.8, 4) is 6.07 Å². The van der Waals surface area contributed by atoms with Crippen LogP contribution in [0.4, 0.5) is 10.1 Å². The van der Waals surface area contributed by atoms with Crippen LogP contribution in [0.15, 0.2) is 36.5 Å². The lowest BCUT2D eigenvalue weighted by molar-refractivity contribution is -0.129. The number of hydrogen-bond donors (Lipinski definition) is 0. The van der Waals surface area contributed by atoms with Crippen LogP contribution in [0.2, 0.25) is 0 Å². The lowest BCUT2D eigenvalue weighted by atomic mass is 9.97. The molecule has 2 aliphatic heterocycles. The molecule has 6 rings (SSSR count). The average molecular weight is 501 g/mol. The van der Waals surface area contributed by atoms with Crippen LogP contribution in [0.3, 0.4) is 0 Å². The minimum atomic E-state index is -0.439. The number of benzene rings is 1. The Balaban J connectivity index is 1.29. The Morgan fingerprint density at radius 1 is 1.24 bits per heavy atom. The van der Waals surface area contributed by atoms with Gasteiger partial charge in [0.2, 0.25) is 5.91 Å². The summed E-state index contributed by atoms with van der Waals surface area (Å²) in [5, 5.41) is 19.5. The fraction of sp³-hybridized carbons (Fsp3) is 0.407. The van der Waals surface area contributed by atoms with Crippen molar-refractivity contribution in [2.45, 2.75) is 31.8 Å². The zero-order chi connectivity index (χ0) is 25.8. The van der Waals surface area contributed by atoms with Gasteiger partial charge in [0.1, 0.15) is 17.3 Å². The van der Waals surface area contributed by atoms with E-state index < -0.39 is 5.82 Å². The number of carbonyl (C=O) groups is 1. The van der Waals surface area contributed by atoms with Gasteiger partial charge in [-0.1, -0.05) is 12.1 Å². The van der Waals surface area contributed by atoms with Crippen LogP contribution >= 0.6 is 0 Å². The summed E-state index contributed by atoms with van der Waals surface area (Å²) in [6.45, 7) is 5.60. The van der Waals surface area contributed by atoms with Crippen LogP contribution in [0.5, 0.6) is 0 Å². The molecule has 9 nitrogen and oxygen atoms in total. The lowest BCUT2D eigenvalue weighted by Gasteiger charge is -2.34. The SMILES string of the molecule is C[C@@H]1CN(c2ccc(C#N)n3ncc(F)c23)Cc2c3ccc(C4CCN(CC(=O)N(C)C)C4)cc3nn21. The predicted octanol–water partition coefficient (Wildman–Crippen LogP) is 3.15. The number of nitriles is 1. The van der Waals surface area contributed by atoms with E-state index >= 15 is 0 Å². The van der Waals surface area contributed by atoms with E-state index in [0.29, 0.717) is 36.8 Å². The Morgan fingerprint density at radius 2 is 2.08 bits per heavy atom. The first kappa shape index (κ1) is 23.4. The first-order valence-corrected chi connectivity index (χ1v) is 12.6. The molecule has 5 heterocycles. The van der Waals surface area contributed by atoms with E-state index in [0.717, 1.165) is 48.0 Å². The van der Waals surface area contributed by atoms with Crippen molar-refractivity contribution in [2.24, 2.45) is 0 Å². The number of rotatable bonds is 4. The Kier molecular flexibility index (Phi) is 5.60. The fourth-order valence-electron chi connectivity index (χ4n) is 5.75. The van der Waals surface area contributed by atoms with E-state index in [9.17, 15) is 14.4 Å². The molecule has 37 heavy (non-hydrogen) atoms. The molecule has 10 heteroatoms. The molecule has 190 valence electrons. The number of anilines is 1. The average Bonchev–Trinajstić information content (AvgIpc) is 3.61. The topological polar surface area (TPSA) is 85.7 Å². The number of hydrogen-bond acceptors (Lipinski definition) is 6. The summed E-state index contributed by atoms with van der Waals surface area (Å²) < 4.78 is 18.2. The van der Waals surface area contributed by atoms with Crippen molar-refractivity contribution in [2.75, 3.05) is 45.2 Å².